The van der Waals surface area contributed by atoms with E-state index in [1.165, 1.54) is 0 Å². The van der Waals surface area contributed by atoms with Gasteiger partial charge in [-0.25, -0.2) is 0 Å². The summed E-state index contributed by atoms with van der Waals surface area (Å²) in [7, 11) is 0. The highest BCUT2D eigenvalue weighted by molar-refractivity contribution is 5.85. The van der Waals surface area contributed by atoms with Crippen molar-refractivity contribution in [2.75, 3.05) is 13.1 Å². The van der Waals surface area contributed by atoms with Gasteiger partial charge in [0.25, 0.3) is 0 Å². The molecule has 4 heteroatoms. The minimum absolute atomic E-state index is 0.0592. The van der Waals surface area contributed by atoms with Gasteiger partial charge in [0, 0.05) is 25.6 Å². The quantitative estimate of drug-likeness (QED) is 0.790. The Hall–Kier alpha value is -2.62. The normalized spacial score (nSPS) is 19.2. The smallest absolute Gasteiger partial charge is 0.228 e. The molecule has 0 saturated carbocycles. The molecule has 0 spiro atoms. The molecule has 0 aromatic heterocycles. The molecule has 1 aliphatic heterocycles. The van der Waals surface area contributed by atoms with Crippen LogP contribution < -0.4 is 5.32 Å². The lowest BCUT2D eigenvalue weighted by Gasteiger charge is -2.42. The first kappa shape index (κ1) is 21.1. The summed E-state index contributed by atoms with van der Waals surface area (Å²) >= 11 is 0. The van der Waals surface area contributed by atoms with E-state index in [4.69, 9.17) is 0 Å². The highest BCUT2D eigenvalue weighted by Gasteiger charge is 2.43. The third-order valence-corrected chi connectivity index (χ3v) is 5.76. The van der Waals surface area contributed by atoms with Crippen molar-refractivity contribution in [2.24, 2.45) is 5.41 Å². The Kier molecular flexibility index (Phi) is 6.73. The number of rotatable bonds is 6. The predicted octanol–water partition coefficient (Wildman–Crippen LogP) is 4.44. The lowest BCUT2D eigenvalue weighted by atomic mass is 9.73. The zero-order valence-corrected chi connectivity index (χ0v) is 17.8. The topological polar surface area (TPSA) is 49.4 Å². The molecule has 1 saturated heterocycles. The number of piperidine rings is 1. The number of likely N-dealkylation sites (tertiary alicyclic amines) is 1. The van der Waals surface area contributed by atoms with Crippen molar-refractivity contribution in [1.29, 1.82) is 0 Å². The van der Waals surface area contributed by atoms with E-state index < -0.39 is 5.41 Å². The molecule has 29 heavy (non-hydrogen) atoms. The van der Waals surface area contributed by atoms with E-state index in [0.717, 1.165) is 36.1 Å². The molecule has 1 unspecified atom stereocenters. The molecule has 0 aliphatic carbocycles. The van der Waals surface area contributed by atoms with Crippen LogP contribution in [-0.4, -0.2) is 35.8 Å². The summed E-state index contributed by atoms with van der Waals surface area (Å²) in [5.74, 6) is 0.187. The summed E-state index contributed by atoms with van der Waals surface area (Å²) in [6, 6.07) is 18.7. The molecule has 2 aromatic carbocycles. The van der Waals surface area contributed by atoms with Gasteiger partial charge in [0.1, 0.15) is 0 Å². The average molecular weight is 393 g/mol. The van der Waals surface area contributed by atoms with Gasteiger partial charge in [-0.3, -0.25) is 9.59 Å². The van der Waals surface area contributed by atoms with E-state index in [0.29, 0.717) is 19.4 Å². The van der Waals surface area contributed by atoms with Crippen LogP contribution in [0.2, 0.25) is 0 Å². The summed E-state index contributed by atoms with van der Waals surface area (Å²) in [6.07, 6.45) is 2.75. The van der Waals surface area contributed by atoms with E-state index in [1.54, 1.807) is 0 Å². The highest BCUT2D eigenvalue weighted by atomic mass is 16.2. The molecule has 154 valence electrons. The highest BCUT2D eigenvalue weighted by Crippen LogP contribution is 2.37. The molecule has 0 radical (unpaired) electrons. The van der Waals surface area contributed by atoms with Gasteiger partial charge in [0.05, 0.1) is 5.41 Å². The second-order valence-electron chi connectivity index (χ2n) is 8.38. The molecule has 1 fully saturated rings. The number of nitrogens with zero attached hydrogens (tertiary/aromatic N) is 1. The fourth-order valence-electron chi connectivity index (χ4n) is 4.33. The Balaban J connectivity index is 1.98. The fourth-order valence-corrected chi connectivity index (χ4v) is 4.33. The first-order chi connectivity index (χ1) is 13.9. The molecule has 3 rings (SSSR count). The molecule has 1 atom stereocenters. The Morgan fingerprint density at radius 1 is 1.07 bits per heavy atom. The van der Waals surface area contributed by atoms with Crippen LogP contribution in [0.5, 0.6) is 0 Å². The molecule has 1 aliphatic rings. The van der Waals surface area contributed by atoms with Crippen LogP contribution in [0, 0.1) is 5.41 Å². The Labute approximate surface area is 174 Å². The van der Waals surface area contributed by atoms with E-state index in [-0.39, 0.29) is 17.9 Å². The second-order valence-corrected chi connectivity index (χ2v) is 8.38. The maximum atomic E-state index is 13.4. The van der Waals surface area contributed by atoms with Crippen LogP contribution in [0.15, 0.2) is 54.6 Å². The zero-order chi connectivity index (χ0) is 20.9. The maximum Gasteiger partial charge on any atom is 0.228 e. The summed E-state index contributed by atoms with van der Waals surface area (Å²) in [5.41, 5.74) is 2.87. The van der Waals surface area contributed by atoms with Crippen molar-refractivity contribution in [3.05, 3.63) is 60.2 Å². The number of carbonyl (C=O) groups is 2. The number of benzene rings is 2. The molecule has 2 aromatic rings. The predicted molar refractivity (Wildman–Crippen MR) is 117 cm³/mol. The van der Waals surface area contributed by atoms with Gasteiger partial charge in [-0.2, -0.15) is 0 Å². The van der Waals surface area contributed by atoms with E-state index in [1.807, 2.05) is 56.0 Å². The van der Waals surface area contributed by atoms with Gasteiger partial charge in [0.2, 0.25) is 11.8 Å². The van der Waals surface area contributed by atoms with Gasteiger partial charge in [-0.15, -0.1) is 0 Å². The van der Waals surface area contributed by atoms with E-state index in [9.17, 15) is 9.59 Å². The molecule has 4 nitrogen and oxygen atoms in total. The molecule has 2 amide bonds. The number of carbonyl (C=O) groups excluding carboxylic acids is 2. The monoisotopic (exact) mass is 392 g/mol. The Morgan fingerprint density at radius 3 is 2.45 bits per heavy atom. The van der Waals surface area contributed by atoms with Gasteiger partial charge in [0.15, 0.2) is 0 Å². The van der Waals surface area contributed by atoms with Crippen molar-refractivity contribution < 1.29 is 9.59 Å². The Morgan fingerprint density at radius 2 is 1.76 bits per heavy atom. The SMILES string of the molecule is CCC(=O)N1CCCC(Cc2ccccc2-c2ccccc2)(C(=O)NC(C)C)C1. The summed E-state index contributed by atoms with van der Waals surface area (Å²) in [5, 5.41) is 3.13. The van der Waals surface area contributed by atoms with E-state index in [2.05, 4.69) is 29.6 Å². The summed E-state index contributed by atoms with van der Waals surface area (Å²) < 4.78 is 0. The van der Waals surface area contributed by atoms with Crippen LogP contribution in [0.1, 0.15) is 45.6 Å². The molecular weight excluding hydrogens is 360 g/mol. The van der Waals surface area contributed by atoms with Crippen molar-refractivity contribution in [2.45, 2.75) is 52.5 Å². The molecule has 0 bridgehead atoms. The minimum Gasteiger partial charge on any atom is -0.353 e. The van der Waals surface area contributed by atoms with Gasteiger partial charge in [-0.1, -0.05) is 61.5 Å². The number of hydrogen-bond acceptors (Lipinski definition) is 2. The number of hydrogen-bond donors (Lipinski definition) is 1. The minimum atomic E-state index is -0.599. The zero-order valence-electron chi connectivity index (χ0n) is 17.8. The van der Waals surface area contributed by atoms with Crippen LogP contribution >= 0.6 is 0 Å². The van der Waals surface area contributed by atoms with Gasteiger partial charge < -0.3 is 10.2 Å². The summed E-state index contributed by atoms with van der Waals surface area (Å²) in [4.78, 5) is 27.7. The largest absolute Gasteiger partial charge is 0.353 e. The van der Waals surface area contributed by atoms with Crippen LogP contribution in [-0.2, 0) is 16.0 Å². The lowest BCUT2D eigenvalue weighted by Crippen LogP contribution is -2.55. The third-order valence-electron chi connectivity index (χ3n) is 5.76. The standard InChI is InChI=1S/C25H32N2O2/c1-4-23(28)27-16-10-15-25(18-27,24(29)26-19(2)3)17-21-13-8-9-14-22(21)20-11-6-5-7-12-20/h5-9,11-14,19H,4,10,15-18H2,1-3H3,(H,26,29). The van der Waals surface area contributed by atoms with Crippen LogP contribution in [0.25, 0.3) is 11.1 Å². The molecule has 1 N–H and O–H groups in total. The molecule has 1 heterocycles. The molecular formula is C25H32N2O2. The van der Waals surface area contributed by atoms with Crippen LogP contribution in [0.3, 0.4) is 0 Å². The van der Waals surface area contributed by atoms with Crippen LogP contribution in [0.4, 0.5) is 0 Å². The van der Waals surface area contributed by atoms with Gasteiger partial charge >= 0.3 is 0 Å². The number of nitrogens with one attached hydrogen (secondary N) is 1. The third kappa shape index (κ3) is 4.87. The lowest BCUT2D eigenvalue weighted by molar-refractivity contribution is -0.141. The van der Waals surface area contributed by atoms with Crippen molar-refractivity contribution in [1.82, 2.24) is 10.2 Å². The second kappa shape index (κ2) is 9.25. The Bertz CT molecular complexity index is 847. The van der Waals surface area contributed by atoms with Gasteiger partial charge in [-0.05, 0) is 49.8 Å². The average Bonchev–Trinajstić information content (AvgIpc) is 2.74. The summed E-state index contributed by atoms with van der Waals surface area (Å²) in [6.45, 7) is 7.09. The first-order valence-electron chi connectivity index (χ1n) is 10.7. The van der Waals surface area contributed by atoms with Crippen molar-refractivity contribution >= 4 is 11.8 Å². The van der Waals surface area contributed by atoms with Crippen molar-refractivity contribution in [3.8, 4) is 11.1 Å². The first-order valence-corrected chi connectivity index (χ1v) is 10.7. The fraction of sp³-hybridized carbons (Fsp3) is 0.440. The maximum absolute atomic E-state index is 13.4. The van der Waals surface area contributed by atoms with E-state index >= 15 is 0 Å². The number of amides is 2. The van der Waals surface area contributed by atoms with Crippen molar-refractivity contribution in [3.63, 3.8) is 0 Å².